The number of hydrogen-bond donors (Lipinski definition) is 3. The summed E-state index contributed by atoms with van der Waals surface area (Å²) in [6, 6.07) is 2.56. The molecule has 0 radical (unpaired) electrons. The lowest BCUT2D eigenvalue weighted by Gasteiger charge is -2.23. The zero-order chi connectivity index (χ0) is 18.5. The number of benzene rings is 1. The van der Waals surface area contributed by atoms with E-state index in [1.807, 2.05) is 0 Å². The van der Waals surface area contributed by atoms with Gasteiger partial charge in [-0.1, -0.05) is 23.2 Å². The minimum absolute atomic E-state index is 0.125. The van der Waals surface area contributed by atoms with Crippen LogP contribution in [0.1, 0.15) is 10.5 Å². The van der Waals surface area contributed by atoms with Crippen molar-refractivity contribution >= 4 is 46.4 Å². The number of hydrogen-bond acceptors (Lipinski definition) is 6. The average Bonchev–Trinajstić information content (AvgIpc) is 2.66. The van der Waals surface area contributed by atoms with Crippen LogP contribution in [0.4, 0.5) is 11.4 Å². The Kier molecular flexibility index (Phi) is 6.00. The summed E-state index contributed by atoms with van der Waals surface area (Å²) in [5, 5.41) is 8.72. The molecule has 0 saturated carbocycles. The number of rotatable bonds is 4. The lowest BCUT2D eigenvalue weighted by atomic mass is 10.2. The molecule has 1 aliphatic rings. The molecule has 1 aromatic carbocycles. The number of morpholine rings is 1. The van der Waals surface area contributed by atoms with Gasteiger partial charge in [-0.15, -0.1) is 0 Å². The highest BCUT2D eigenvalue weighted by molar-refractivity contribution is 6.40. The molecule has 1 saturated heterocycles. The fraction of sp³-hybridized carbons (Fsp3) is 0.250. The van der Waals surface area contributed by atoms with Crippen LogP contribution in [-0.4, -0.2) is 47.6 Å². The summed E-state index contributed by atoms with van der Waals surface area (Å²) in [6.07, 6.45) is 4.19. The van der Waals surface area contributed by atoms with Crippen LogP contribution in [0, 0.1) is 0 Å². The number of nitrogens with zero attached hydrogens (tertiary/aromatic N) is 2. The van der Waals surface area contributed by atoms with Crippen LogP contribution in [0.3, 0.4) is 0 Å². The second-order valence-electron chi connectivity index (χ2n) is 5.43. The molecule has 2 heterocycles. The van der Waals surface area contributed by atoms with Crippen molar-refractivity contribution in [2.45, 2.75) is 6.04 Å². The molecule has 3 rings (SSSR count). The third-order valence-electron chi connectivity index (χ3n) is 3.58. The molecular weight excluding hydrogens is 381 g/mol. The van der Waals surface area contributed by atoms with Crippen molar-refractivity contribution in [3.8, 4) is 0 Å². The first-order chi connectivity index (χ1) is 12.5. The number of nitrogens with one attached hydrogen (secondary N) is 3. The molecule has 1 unspecified atom stereocenters. The molecular formula is C16H15Cl2N5O3. The first kappa shape index (κ1) is 18.5. The molecule has 26 heavy (non-hydrogen) atoms. The zero-order valence-corrected chi connectivity index (χ0v) is 15.0. The maximum absolute atomic E-state index is 12.2. The Balaban J connectivity index is 1.71. The van der Waals surface area contributed by atoms with Gasteiger partial charge in [-0.3, -0.25) is 14.6 Å². The van der Waals surface area contributed by atoms with Crippen molar-refractivity contribution in [2.75, 3.05) is 30.4 Å². The quantitative estimate of drug-likeness (QED) is 0.730. The smallest absolute Gasteiger partial charge is 0.275 e. The second-order valence-corrected chi connectivity index (χ2v) is 6.24. The Labute approximate surface area is 159 Å². The molecule has 1 fully saturated rings. The average molecular weight is 396 g/mol. The highest BCUT2D eigenvalue weighted by Crippen LogP contribution is 2.34. The zero-order valence-electron chi connectivity index (χ0n) is 13.5. The molecule has 2 aromatic rings. The van der Waals surface area contributed by atoms with Crippen molar-refractivity contribution in [3.05, 3.63) is 46.5 Å². The third-order valence-corrected chi connectivity index (χ3v) is 4.18. The van der Waals surface area contributed by atoms with E-state index in [4.69, 9.17) is 27.9 Å². The molecule has 1 aromatic heterocycles. The lowest BCUT2D eigenvalue weighted by Crippen LogP contribution is -2.48. The Morgan fingerprint density at radius 1 is 1.19 bits per heavy atom. The summed E-state index contributed by atoms with van der Waals surface area (Å²) in [7, 11) is 0. The largest absolute Gasteiger partial charge is 0.378 e. The summed E-state index contributed by atoms with van der Waals surface area (Å²) in [4.78, 5) is 32.1. The third kappa shape index (κ3) is 4.47. The number of halogens is 2. The van der Waals surface area contributed by atoms with Crippen LogP contribution in [0.25, 0.3) is 0 Å². The van der Waals surface area contributed by atoms with Gasteiger partial charge < -0.3 is 20.7 Å². The van der Waals surface area contributed by atoms with Gasteiger partial charge in [0.25, 0.3) is 5.91 Å². The van der Waals surface area contributed by atoms with Crippen LogP contribution in [0.5, 0.6) is 0 Å². The van der Waals surface area contributed by atoms with E-state index in [2.05, 4.69) is 25.9 Å². The van der Waals surface area contributed by atoms with Gasteiger partial charge in [0.1, 0.15) is 11.7 Å². The van der Waals surface area contributed by atoms with Crippen LogP contribution in [-0.2, 0) is 9.53 Å². The van der Waals surface area contributed by atoms with Crippen molar-refractivity contribution < 1.29 is 14.3 Å². The van der Waals surface area contributed by atoms with Crippen LogP contribution in [0.2, 0.25) is 10.0 Å². The minimum atomic E-state index is -0.498. The molecule has 3 N–H and O–H groups in total. The molecule has 2 amide bonds. The highest BCUT2D eigenvalue weighted by atomic mass is 35.5. The number of ether oxygens (including phenoxy) is 1. The van der Waals surface area contributed by atoms with E-state index in [1.54, 1.807) is 0 Å². The Hall–Kier alpha value is -2.26. The van der Waals surface area contributed by atoms with Gasteiger partial charge in [0, 0.05) is 24.6 Å². The van der Waals surface area contributed by atoms with E-state index in [9.17, 15) is 9.59 Å². The molecule has 8 nitrogen and oxygen atoms in total. The first-order valence-corrected chi connectivity index (χ1v) is 8.48. The molecule has 0 bridgehead atoms. The topological polar surface area (TPSA) is 105 Å². The van der Waals surface area contributed by atoms with E-state index >= 15 is 0 Å². The number of amides is 2. The predicted molar refractivity (Wildman–Crippen MR) is 97.7 cm³/mol. The number of carbonyl (C=O) groups excluding carboxylic acids is 2. The van der Waals surface area contributed by atoms with Crippen LogP contribution < -0.4 is 16.0 Å². The van der Waals surface area contributed by atoms with Gasteiger partial charge in [0.2, 0.25) is 5.91 Å². The molecule has 1 atom stereocenters. The van der Waals surface area contributed by atoms with Gasteiger partial charge in [-0.2, -0.15) is 0 Å². The Bertz CT molecular complexity index is 790. The van der Waals surface area contributed by atoms with E-state index < -0.39 is 11.9 Å². The number of aromatic nitrogens is 2. The van der Waals surface area contributed by atoms with Crippen LogP contribution in [0.15, 0.2) is 30.7 Å². The summed E-state index contributed by atoms with van der Waals surface area (Å²) in [5.74, 6) is -0.754. The fourth-order valence-electron chi connectivity index (χ4n) is 2.32. The van der Waals surface area contributed by atoms with Gasteiger partial charge in [0.15, 0.2) is 0 Å². The highest BCUT2D eigenvalue weighted by Gasteiger charge is 2.22. The van der Waals surface area contributed by atoms with Crippen molar-refractivity contribution in [2.24, 2.45) is 0 Å². The lowest BCUT2D eigenvalue weighted by molar-refractivity contribution is -0.120. The first-order valence-electron chi connectivity index (χ1n) is 7.73. The Morgan fingerprint density at radius 3 is 2.58 bits per heavy atom. The van der Waals surface area contributed by atoms with E-state index in [0.717, 1.165) is 0 Å². The van der Waals surface area contributed by atoms with Crippen LogP contribution >= 0.6 is 23.2 Å². The maximum Gasteiger partial charge on any atom is 0.275 e. The van der Waals surface area contributed by atoms with Crippen molar-refractivity contribution in [1.82, 2.24) is 15.3 Å². The number of anilines is 2. The second kappa shape index (κ2) is 8.41. The summed E-state index contributed by atoms with van der Waals surface area (Å²) in [5.41, 5.74) is 0.761. The number of carbonyl (C=O) groups is 2. The van der Waals surface area contributed by atoms with E-state index in [0.29, 0.717) is 25.4 Å². The van der Waals surface area contributed by atoms with Gasteiger partial charge in [0.05, 0.1) is 35.1 Å². The van der Waals surface area contributed by atoms with Gasteiger partial charge >= 0.3 is 0 Å². The van der Waals surface area contributed by atoms with E-state index in [1.165, 1.54) is 30.7 Å². The molecule has 10 heteroatoms. The minimum Gasteiger partial charge on any atom is -0.378 e. The van der Waals surface area contributed by atoms with Crippen molar-refractivity contribution in [1.29, 1.82) is 0 Å². The monoisotopic (exact) mass is 395 g/mol. The Morgan fingerprint density at radius 2 is 1.96 bits per heavy atom. The van der Waals surface area contributed by atoms with Gasteiger partial charge in [-0.05, 0) is 12.1 Å². The maximum atomic E-state index is 12.2. The fourth-order valence-corrected chi connectivity index (χ4v) is 2.90. The summed E-state index contributed by atoms with van der Waals surface area (Å²) >= 11 is 12.4. The summed E-state index contributed by atoms with van der Waals surface area (Å²) in [6.45, 7) is 1.47. The predicted octanol–water partition coefficient (Wildman–Crippen LogP) is 1.96. The standard InChI is InChI=1S/C16H15Cl2N5O3/c17-10-5-9(22-16(25)13-8-26-4-3-21-13)6-11(18)14(10)23-15(24)12-7-19-1-2-20-12/h1-2,5-7,13,21H,3-4,8H2,(H,22,25)(H,23,24). The van der Waals surface area contributed by atoms with Crippen molar-refractivity contribution in [3.63, 3.8) is 0 Å². The SMILES string of the molecule is O=C(Nc1c(Cl)cc(NC(=O)C2COCCN2)cc1Cl)c1cnccn1. The molecule has 0 spiro atoms. The summed E-state index contributed by atoms with van der Waals surface area (Å²) < 4.78 is 5.26. The van der Waals surface area contributed by atoms with Gasteiger partial charge in [-0.25, -0.2) is 4.98 Å². The molecule has 136 valence electrons. The van der Waals surface area contributed by atoms with E-state index in [-0.39, 0.29) is 27.3 Å². The molecule has 0 aliphatic carbocycles. The normalized spacial score (nSPS) is 16.8. The molecule has 1 aliphatic heterocycles.